The van der Waals surface area contributed by atoms with Crippen molar-refractivity contribution in [1.82, 2.24) is 20.3 Å². The monoisotopic (exact) mass is 210 g/mol. The molecule has 0 bridgehead atoms. The van der Waals surface area contributed by atoms with Crippen LogP contribution in [0.4, 0.5) is 0 Å². The maximum atomic E-state index is 4.06. The molecule has 0 spiro atoms. The van der Waals surface area contributed by atoms with Gasteiger partial charge in [0.15, 0.2) is 0 Å². The highest BCUT2D eigenvalue weighted by Gasteiger charge is 2.02. The van der Waals surface area contributed by atoms with E-state index in [0.717, 1.165) is 32.5 Å². The first-order valence-corrected chi connectivity index (χ1v) is 5.82. The van der Waals surface area contributed by atoms with Crippen LogP contribution in [0.15, 0.2) is 6.20 Å². The molecule has 1 rings (SSSR count). The largest absolute Gasteiger partial charge is 0.316 e. The van der Waals surface area contributed by atoms with Gasteiger partial charge in [-0.25, -0.2) is 4.68 Å². The first kappa shape index (κ1) is 12.2. The van der Waals surface area contributed by atoms with E-state index in [4.69, 9.17) is 0 Å². The van der Waals surface area contributed by atoms with Crippen LogP contribution >= 0.6 is 0 Å². The standard InChI is InChI=1S/C11H22N4/c1-4-7-15-11(9-13-14-15)5-6-12-8-10(2)3/h9-10,12H,4-8H2,1-3H3. The molecule has 1 aromatic rings. The Morgan fingerprint density at radius 1 is 1.47 bits per heavy atom. The molecule has 1 aromatic heterocycles. The molecular formula is C11H22N4. The molecule has 0 saturated heterocycles. The van der Waals surface area contributed by atoms with Crippen LogP contribution in [0.2, 0.25) is 0 Å². The van der Waals surface area contributed by atoms with E-state index in [9.17, 15) is 0 Å². The Bertz CT molecular complexity index is 267. The third-order valence-corrected chi connectivity index (χ3v) is 2.24. The predicted octanol–water partition coefficient (Wildman–Crippen LogP) is 1.48. The van der Waals surface area contributed by atoms with E-state index in [0.29, 0.717) is 5.92 Å². The molecule has 86 valence electrons. The number of rotatable bonds is 7. The number of nitrogens with one attached hydrogen (secondary N) is 1. The summed E-state index contributed by atoms with van der Waals surface area (Å²) < 4.78 is 2.00. The Balaban J connectivity index is 2.27. The zero-order valence-corrected chi connectivity index (χ0v) is 10.0. The van der Waals surface area contributed by atoms with E-state index in [-0.39, 0.29) is 0 Å². The molecule has 4 heteroatoms. The predicted molar refractivity (Wildman–Crippen MR) is 61.7 cm³/mol. The third kappa shape index (κ3) is 4.42. The van der Waals surface area contributed by atoms with Gasteiger partial charge in [-0.3, -0.25) is 0 Å². The number of hydrogen-bond donors (Lipinski definition) is 1. The summed E-state index contributed by atoms with van der Waals surface area (Å²) in [5.41, 5.74) is 1.23. The molecule has 1 heterocycles. The van der Waals surface area contributed by atoms with Gasteiger partial charge in [-0.15, -0.1) is 5.10 Å². The normalized spacial score (nSPS) is 11.2. The Kier molecular flexibility index (Phi) is 5.32. The lowest BCUT2D eigenvalue weighted by atomic mass is 10.2. The van der Waals surface area contributed by atoms with Crippen LogP contribution < -0.4 is 5.32 Å². The molecule has 0 saturated carbocycles. The molecule has 4 nitrogen and oxygen atoms in total. The van der Waals surface area contributed by atoms with E-state index in [2.05, 4.69) is 36.4 Å². The van der Waals surface area contributed by atoms with Crippen molar-refractivity contribution in [2.75, 3.05) is 13.1 Å². The van der Waals surface area contributed by atoms with Gasteiger partial charge in [0.1, 0.15) is 0 Å². The van der Waals surface area contributed by atoms with Gasteiger partial charge in [0.25, 0.3) is 0 Å². The molecular weight excluding hydrogens is 188 g/mol. The highest BCUT2D eigenvalue weighted by Crippen LogP contribution is 1.98. The summed E-state index contributed by atoms with van der Waals surface area (Å²) in [5.74, 6) is 0.712. The van der Waals surface area contributed by atoms with E-state index in [1.165, 1.54) is 5.69 Å². The molecule has 0 fully saturated rings. The highest BCUT2D eigenvalue weighted by atomic mass is 15.4. The lowest BCUT2D eigenvalue weighted by Crippen LogP contribution is -2.23. The molecule has 1 N–H and O–H groups in total. The van der Waals surface area contributed by atoms with Crippen LogP contribution in [0, 0.1) is 5.92 Å². The van der Waals surface area contributed by atoms with Gasteiger partial charge >= 0.3 is 0 Å². The maximum Gasteiger partial charge on any atom is 0.0725 e. The molecule has 0 unspecified atom stereocenters. The number of nitrogens with zero attached hydrogens (tertiary/aromatic N) is 3. The molecule has 0 aliphatic carbocycles. The van der Waals surface area contributed by atoms with Crippen molar-refractivity contribution in [3.8, 4) is 0 Å². The number of aromatic nitrogens is 3. The second-order valence-corrected chi connectivity index (χ2v) is 4.30. The minimum Gasteiger partial charge on any atom is -0.316 e. The minimum absolute atomic E-state index is 0.712. The second-order valence-electron chi connectivity index (χ2n) is 4.30. The smallest absolute Gasteiger partial charge is 0.0725 e. The Morgan fingerprint density at radius 2 is 2.27 bits per heavy atom. The summed E-state index contributed by atoms with van der Waals surface area (Å²) in [7, 11) is 0. The van der Waals surface area contributed by atoms with E-state index >= 15 is 0 Å². The lowest BCUT2D eigenvalue weighted by Gasteiger charge is -2.07. The summed E-state index contributed by atoms with van der Waals surface area (Å²) in [4.78, 5) is 0. The van der Waals surface area contributed by atoms with Gasteiger partial charge in [-0.05, 0) is 18.9 Å². The van der Waals surface area contributed by atoms with Crippen molar-refractivity contribution < 1.29 is 0 Å². The molecule has 0 amide bonds. The lowest BCUT2D eigenvalue weighted by molar-refractivity contribution is 0.526. The van der Waals surface area contributed by atoms with Crippen LogP contribution in [0.25, 0.3) is 0 Å². The first-order valence-electron chi connectivity index (χ1n) is 5.82. The van der Waals surface area contributed by atoms with Gasteiger partial charge in [-0.1, -0.05) is 26.0 Å². The zero-order valence-electron chi connectivity index (χ0n) is 10.0. The van der Waals surface area contributed by atoms with E-state index in [1.807, 2.05) is 10.9 Å². The van der Waals surface area contributed by atoms with Crippen molar-refractivity contribution in [2.45, 2.75) is 40.2 Å². The third-order valence-electron chi connectivity index (χ3n) is 2.24. The van der Waals surface area contributed by atoms with Gasteiger partial charge in [0.2, 0.25) is 0 Å². The summed E-state index contributed by atoms with van der Waals surface area (Å²) in [6.45, 7) is 9.65. The molecule has 0 aliphatic heterocycles. The van der Waals surface area contributed by atoms with Gasteiger partial charge in [0, 0.05) is 19.5 Å². The maximum absolute atomic E-state index is 4.06. The van der Waals surface area contributed by atoms with Crippen molar-refractivity contribution in [2.24, 2.45) is 5.92 Å². The fraction of sp³-hybridized carbons (Fsp3) is 0.818. The van der Waals surface area contributed by atoms with Crippen LogP contribution in [-0.2, 0) is 13.0 Å². The van der Waals surface area contributed by atoms with Gasteiger partial charge in [0.05, 0.1) is 11.9 Å². The second kappa shape index (κ2) is 6.56. The SMILES string of the molecule is CCCn1nncc1CCNCC(C)C. The number of aryl methyl sites for hydroxylation is 1. The van der Waals surface area contributed by atoms with Crippen molar-refractivity contribution in [3.63, 3.8) is 0 Å². The summed E-state index contributed by atoms with van der Waals surface area (Å²) in [6.07, 6.45) is 3.99. The van der Waals surface area contributed by atoms with Crippen LogP contribution in [-0.4, -0.2) is 28.1 Å². The quantitative estimate of drug-likeness (QED) is 0.693. The Labute approximate surface area is 92.1 Å². The zero-order chi connectivity index (χ0) is 11.1. The van der Waals surface area contributed by atoms with Crippen LogP contribution in [0.1, 0.15) is 32.9 Å². The van der Waals surface area contributed by atoms with Gasteiger partial charge in [-0.2, -0.15) is 0 Å². The van der Waals surface area contributed by atoms with Crippen molar-refractivity contribution in [1.29, 1.82) is 0 Å². The fourth-order valence-corrected chi connectivity index (χ4v) is 1.48. The molecule has 0 aliphatic rings. The van der Waals surface area contributed by atoms with E-state index < -0.39 is 0 Å². The average molecular weight is 210 g/mol. The van der Waals surface area contributed by atoms with Crippen molar-refractivity contribution in [3.05, 3.63) is 11.9 Å². The molecule has 0 radical (unpaired) electrons. The van der Waals surface area contributed by atoms with Crippen molar-refractivity contribution >= 4 is 0 Å². The van der Waals surface area contributed by atoms with E-state index in [1.54, 1.807) is 0 Å². The molecule has 0 atom stereocenters. The fourth-order valence-electron chi connectivity index (χ4n) is 1.48. The van der Waals surface area contributed by atoms with Crippen LogP contribution in [0.5, 0.6) is 0 Å². The molecule has 0 aromatic carbocycles. The average Bonchev–Trinajstić information content (AvgIpc) is 2.61. The summed E-state index contributed by atoms with van der Waals surface area (Å²) >= 11 is 0. The topological polar surface area (TPSA) is 42.7 Å². The summed E-state index contributed by atoms with van der Waals surface area (Å²) in [6, 6.07) is 0. The van der Waals surface area contributed by atoms with Gasteiger partial charge < -0.3 is 5.32 Å². The highest BCUT2D eigenvalue weighted by molar-refractivity contribution is 4.94. The minimum atomic E-state index is 0.712. The van der Waals surface area contributed by atoms with Crippen LogP contribution in [0.3, 0.4) is 0 Å². The Morgan fingerprint density at radius 3 is 2.93 bits per heavy atom. The number of hydrogen-bond acceptors (Lipinski definition) is 3. The first-order chi connectivity index (χ1) is 7.24. The Hall–Kier alpha value is -0.900. The molecule has 15 heavy (non-hydrogen) atoms. The summed E-state index contributed by atoms with van der Waals surface area (Å²) in [5, 5.41) is 11.4.